The van der Waals surface area contributed by atoms with Crippen molar-refractivity contribution in [1.82, 2.24) is 10.2 Å². The highest BCUT2D eigenvalue weighted by molar-refractivity contribution is 6.01. The third-order valence-electron chi connectivity index (χ3n) is 1.99. The second-order valence-electron chi connectivity index (χ2n) is 2.66. The van der Waals surface area contributed by atoms with Gasteiger partial charge in [-0.1, -0.05) is 5.16 Å². The SMILES string of the molecule is O/N=C1/CCCc2[nH]ncc21. The minimum atomic E-state index is 0.750. The molecule has 0 fully saturated rings. The number of nitrogens with one attached hydrogen (secondary N) is 1. The van der Waals surface area contributed by atoms with Crippen LogP contribution in [-0.4, -0.2) is 21.1 Å². The Morgan fingerprint density at radius 1 is 1.55 bits per heavy atom. The maximum atomic E-state index is 8.60. The summed E-state index contributed by atoms with van der Waals surface area (Å²) in [5, 5.41) is 18.6. The molecule has 0 atom stereocenters. The van der Waals surface area contributed by atoms with E-state index in [9.17, 15) is 0 Å². The molecule has 1 aliphatic carbocycles. The number of oxime groups is 1. The number of aromatic amines is 1. The van der Waals surface area contributed by atoms with Gasteiger partial charge in [-0.3, -0.25) is 5.10 Å². The van der Waals surface area contributed by atoms with Crippen LogP contribution in [0.2, 0.25) is 0 Å². The van der Waals surface area contributed by atoms with Crippen molar-refractivity contribution >= 4 is 5.71 Å². The van der Waals surface area contributed by atoms with E-state index >= 15 is 0 Å². The Morgan fingerprint density at radius 3 is 3.27 bits per heavy atom. The number of nitrogens with zero attached hydrogens (tertiary/aromatic N) is 2. The van der Waals surface area contributed by atoms with Crippen molar-refractivity contribution in [2.75, 3.05) is 0 Å². The number of hydrogen-bond donors (Lipinski definition) is 2. The highest BCUT2D eigenvalue weighted by atomic mass is 16.4. The Bertz CT molecular complexity index is 290. The lowest BCUT2D eigenvalue weighted by molar-refractivity contribution is 0.317. The molecule has 1 aromatic rings. The van der Waals surface area contributed by atoms with E-state index in [2.05, 4.69) is 15.4 Å². The molecule has 2 rings (SSSR count). The molecule has 0 unspecified atom stereocenters. The molecule has 0 radical (unpaired) electrons. The molecule has 58 valence electrons. The van der Waals surface area contributed by atoms with Gasteiger partial charge in [0.05, 0.1) is 11.9 Å². The van der Waals surface area contributed by atoms with Gasteiger partial charge in [-0.2, -0.15) is 5.10 Å². The number of aromatic nitrogens is 2. The predicted octanol–water partition coefficient (Wildman–Crippen LogP) is 0.924. The molecule has 2 N–H and O–H groups in total. The molecule has 0 saturated heterocycles. The van der Waals surface area contributed by atoms with Gasteiger partial charge in [0.2, 0.25) is 0 Å². The van der Waals surface area contributed by atoms with Crippen LogP contribution in [0.25, 0.3) is 0 Å². The molecule has 0 bridgehead atoms. The molecule has 0 aromatic carbocycles. The Morgan fingerprint density at radius 2 is 2.45 bits per heavy atom. The third-order valence-corrected chi connectivity index (χ3v) is 1.99. The zero-order chi connectivity index (χ0) is 7.68. The molecule has 4 heteroatoms. The topological polar surface area (TPSA) is 61.3 Å². The van der Waals surface area contributed by atoms with Crippen molar-refractivity contribution in [2.24, 2.45) is 5.16 Å². The summed E-state index contributed by atoms with van der Waals surface area (Å²) in [6.45, 7) is 0. The smallest absolute Gasteiger partial charge is 0.0902 e. The minimum absolute atomic E-state index is 0.750. The molecule has 0 spiro atoms. The quantitative estimate of drug-likeness (QED) is 0.428. The fourth-order valence-corrected chi connectivity index (χ4v) is 1.42. The van der Waals surface area contributed by atoms with E-state index in [1.165, 1.54) is 0 Å². The van der Waals surface area contributed by atoms with Crippen molar-refractivity contribution < 1.29 is 5.21 Å². The van der Waals surface area contributed by atoms with E-state index in [0.717, 1.165) is 36.2 Å². The highest BCUT2D eigenvalue weighted by Crippen LogP contribution is 2.18. The summed E-state index contributed by atoms with van der Waals surface area (Å²) in [5.41, 5.74) is 2.81. The van der Waals surface area contributed by atoms with Gasteiger partial charge in [-0.15, -0.1) is 0 Å². The second-order valence-corrected chi connectivity index (χ2v) is 2.66. The monoisotopic (exact) mass is 151 g/mol. The number of H-pyrrole nitrogens is 1. The first-order valence-corrected chi connectivity index (χ1v) is 3.65. The molecule has 0 saturated carbocycles. The summed E-state index contributed by atoms with van der Waals surface area (Å²) < 4.78 is 0. The molecule has 0 amide bonds. The van der Waals surface area contributed by atoms with Crippen LogP contribution in [0.15, 0.2) is 11.4 Å². The number of hydrogen-bond acceptors (Lipinski definition) is 3. The highest BCUT2D eigenvalue weighted by Gasteiger charge is 2.16. The first-order chi connectivity index (χ1) is 5.42. The Balaban J connectivity index is 2.48. The van der Waals surface area contributed by atoms with Crippen LogP contribution < -0.4 is 0 Å². The number of rotatable bonds is 0. The lowest BCUT2D eigenvalue weighted by Gasteiger charge is -2.10. The largest absolute Gasteiger partial charge is 0.411 e. The summed E-state index contributed by atoms with van der Waals surface area (Å²) in [6, 6.07) is 0. The lowest BCUT2D eigenvalue weighted by atomic mass is 9.96. The van der Waals surface area contributed by atoms with E-state index in [0.29, 0.717) is 0 Å². The predicted molar refractivity (Wildman–Crippen MR) is 39.8 cm³/mol. The normalized spacial score (nSPS) is 20.2. The fraction of sp³-hybridized carbons (Fsp3) is 0.429. The second kappa shape index (κ2) is 2.38. The summed E-state index contributed by atoms with van der Waals surface area (Å²) in [5.74, 6) is 0. The van der Waals surface area contributed by atoms with Gasteiger partial charge in [-0.05, 0) is 19.3 Å². The summed E-state index contributed by atoms with van der Waals surface area (Å²) in [6.07, 6.45) is 4.61. The van der Waals surface area contributed by atoms with Crippen LogP contribution >= 0.6 is 0 Å². The van der Waals surface area contributed by atoms with Gasteiger partial charge in [0, 0.05) is 11.3 Å². The minimum Gasteiger partial charge on any atom is -0.411 e. The van der Waals surface area contributed by atoms with Gasteiger partial charge < -0.3 is 5.21 Å². The van der Waals surface area contributed by atoms with E-state index in [1.54, 1.807) is 6.20 Å². The average molecular weight is 151 g/mol. The summed E-state index contributed by atoms with van der Waals surface area (Å²) in [4.78, 5) is 0. The molecule has 0 aliphatic heterocycles. The Labute approximate surface area is 63.9 Å². The Kier molecular flexibility index (Phi) is 1.38. The molecule has 4 nitrogen and oxygen atoms in total. The van der Waals surface area contributed by atoms with Crippen molar-refractivity contribution in [3.05, 3.63) is 17.5 Å². The van der Waals surface area contributed by atoms with E-state index in [1.807, 2.05) is 0 Å². The Hall–Kier alpha value is -1.32. The zero-order valence-electron chi connectivity index (χ0n) is 6.04. The van der Waals surface area contributed by atoms with Crippen molar-refractivity contribution in [3.8, 4) is 0 Å². The van der Waals surface area contributed by atoms with Crippen molar-refractivity contribution in [3.63, 3.8) is 0 Å². The van der Waals surface area contributed by atoms with Gasteiger partial charge >= 0.3 is 0 Å². The van der Waals surface area contributed by atoms with Crippen LogP contribution in [0.5, 0.6) is 0 Å². The van der Waals surface area contributed by atoms with Crippen molar-refractivity contribution in [1.29, 1.82) is 0 Å². The fourth-order valence-electron chi connectivity index (χ4n) is 1.42. The maximum absolute atomic E-state index is 8.60. The third kappa shape index (κ3) is 0.906. The van der Waals surface area contributed by atoms with E-state index < -0.39 is 0 Å². The van der Waals surface area contributed by atoms with Gasteiger partial charge in [0.1, 0.15) is 0 Å². The summed E-state index contributed by atoms with van der Waals surface area (Å²) >= 11 is 0. The molecular formula is C7H9N3O. The average Bonchev–Trinajstić information content (AvgIpc) is 2.50. The van der Waals surface area contributed by atoms with Crippen LogP contribution in [0.4, 0.5) is 0 Å². The summed E-state index contributed by atoms with van der Waals surface area (Å²) in [7, 11) is 0. The van der Waals surface area contributed by atoms with Gasteiger partial charge in [0.25, 0.3) is 0 Å². The van der Waals surface area contributed by atoms with Crippen LogP contribution in [0.3, 0.4) is 0 Å². The van der Waals surface area contributed by atoms with Crippen molar-refractivity contribution in [2.45, 2.75) is 19.3 Å². The molecular weight excluding hydrogens is 142 g/mol. The van der Waals surface area contributed by atoms with E-state index in [-0.39, 0.29) is 0 Å². The maximum Gasteiger partial charge on any atom is 0.0902 e. The van der Waals surface area contributed by atoms with Crippen LogP contribution in [0, 0.1) is 0 Å². The van der Waals surface area contributed by atoms with E-state index in [4.69, 9.17) is 5.21 Å². The number of aryl methyl sites for hydroxylation is 1. The lowest BCUT2D eigenvalue weighted by Crippen LogP contribution is -2.10. The molecule has 1 aromatic heterocycles. The first kappa shape index (κ1) is 6.39. The zero-order valence-corrected chi connectivity index (χ0v) is 6.04. The van der Waals surface area contributed by atoms with Gasteiger partial charge in [0.15, 0.2) is 0 Å². The van der Waals surface area contributed by atoms with Crippen LogP contribution in [-0.2, 0) is 6.42 Å². The number of fused-ring (bicyclic) bond motifs is 1. The standard InChI is InChI=1S/C7H9N3O/c11-10-7-3-1-2-6-5(7)4-8-9-6/h4,11H,1-3H2,(H,8,9)/b10-7-. The molecule has 11 heavy (non-hydrogen) atoms. The first-order valence-electron chi connectivity index (χ1n) is 3.65. The molecule has 1 aliphatic rings. The van der Waals surface area contributed by atoms with Crippen LogP contribution in [0.1, 0.15) is 24.1 Å². The molecule has 1 heterocycles. The van der Waals surface area contributed by atoms with Gasteiger partial charge in [-0.25, -0.2) is 0 Å².